The van der Waals surface area contributed by atoms with Gasteiger partial charge < -0.3 is 5.11 Å². The molecule has 0 amide bonds. The first-order chi connectivity index (χ1) is 9.74. The van der Waals surface area contributed by atoms with Crippen molar-refractivity contribution in [1.82, 2.24) is 14.3 Å². The lowest BCUT2D eigenvalue weighted by atomic mass is 10.2. The first-order valence-corrected chi connectivity index (χ1v) is 7.32. The summed E-state index contributed by atoms with van der Waals surface area (Å²) in [5.74, 6) is -0.893. The van der Waals surface area contributed by atoms with Gasteiger partial charge in [0, 0.05) is 37.1 Å². The topological polar surface area (TPSA) is 66.3 Å². The standard InChI is InChI=1S/C14H15N3O2S/c18-14(19)13-10(7-16-20-13)8-17(12-4-5-12)9-11-3-1-2-6-15-11/h1-3,6-7,12H,4-5,8-9H2,(H,18,19). The molecular weight excluding hydrogens is 274 g/mol. The second-order valence-corrected chi connectivity index (χ2v) is 5.74. The molecule has 2 aromatic heterocycles. The fraction of sp³-hybridized carbons (Fsp3) is 0.357. The number of rotatable bonds is 6. The first kappa shape index (κ1) is 13.2. The number of hydrogen-bond donors (Lipinski definition) is 1. The molecule has 0 atom stereocenters. The maximum absolute atomic E-state index is 11.1. The zero-order chi connectivity index (χ0) is 13.9. The highest BCUT2D eigenvalue weighted by Gasteiger charge is 2.30. The molecule has 0 aromatic carbocycles. The Bertz CT molecular complexity index is 595. The molecule has 1 N–H and O–H groups in total. The van der Waals surface area contributed by atoms with Gasteiger partial charge in [0.25, 0.3) is 0 Å². The third kappa shape index (κ3) is 3.02. The molecule has 1 aliphatic rings. The van der Waals surface area contributed by atoms with Crippen LogP contribution in [0.3, 0.4) is 0 Å². The van der Waals surface area contributed by atoms with Crippen molar-refractivity contribution in [1.29, 1.82) is 0 Å². The van der Waals surface area contributed by atoms with Gasteiger partial charge in [-0.2, -0.15) is 4.37 Å². The Morgan fingerprint density at radius 3 is 2.90 bits per heavy atom. The molecule has 0 spiro atoms. The Morgan fingerprint density at radius 2 is 2.25 bits per heavy atom. The van der Waals surface area contributed by atoms with Crippen LogP contribution in [-0.4, -0.2) is 31.4 Å². The average Bonchev–Trinajstić information content (AvgIpc) is 3.19. The summed E-state index contributed by atoms with van der Waals surface area (Å²) in [6.07, 6.45) is 5.80. The number of carboxylic acid groups (broad SMARTS) is 1. The van der Waals surface area contributed by atoms with E-state index in [1.165, 1.54) is 12.8 Å². The molecule has 0 unspecified atom stereocenters. The highest BCUT2D eigenvalue weighted by atomic mass is 32.1. The second-order valence-electron chi connectivity index (χ2n) is 4.94. The summed E-state index contributed by atoms with van der Waals surface area (Å²) >= 11 is 1.05. The van der Waals surface area contributed by atoms with Gasteiger partial charge in [-0.1, -0.05) is 6.07 Å². The zero-order valence-corrected chi connectivity index (χ0v) is 11.7. The molecule has 1 aliphatic carbocycles. The average molecular weight is 289 g/mol. The monoisotopic (exact) mass is 289 g/mol. The maximum atomic E-state index is 11.1. The van der Waals surface area contributed by atoms with Gasteiger partial charge in [-0.3, -0.25) is 9.88 Å². The van der Waals surface area contributed by atoms with Crippen LogP contribution in [0.2, 0.25) is 0 Å². The van der Waals surface area contributed by atoms with E-state index < -0.39 is 5.97 Å². The van der Waals surface area contributed by atoms with Gasteiger partial charge in [-0.05, 0) is 36.5 Å². The predicted molar refractivity (Wildman–Crippen MR) is 75.6 cm³/mol. The molecule has 6 heteroatoms. The van der Waals surface area contributed by atoms with Crippen molar-refractivity contribution in [2.75, 3.05) is 0 Å². The van der Waals surface area contributed by atoms with Gasteiger partial charge >= 0.3 is 5.97 Å². The van der Waals surface area contributed by atoms with Gasteiger partial charge in [-0.15, -0.1) is 0 Å². The largest absolute Gasteiger partial charge is 0.477 e. The van der Waals surface area contributed by atoms with E-state index in [-0.39, 0.29) is 0 Å². The summed E-state index contributed by atoms with van der Waals surface area (Å²) in [7, 11) is 0. The van der Waals surface area contributed by atoms with Crippen LogP contribution in [0.25, 0.3) is 0 Å². The van der Waals surface area contributed by atoms with Crippen LogP contribution >= 0.6 is 11.5 Å². The van der Waals surface area contributed by atoms with Crippen LogP contribution in [-0.2, 0) is 13.1 Å². The number of carbonyl (C=O) groups is 1. The van der Waals surface area contributed by atoms with Crippen molar-refractivity contribution < 1.29 is 9.90 Å². The van der Waals surface area contributed by atoms with Crippen molar-refractivity contribution in [3.8, 4) is 0 Å². The Hall–Kier alpha value is -1.79. The Balaban J connectivity index is 1.75. The second kappa shape index (κ2) is 5.68. The number of aromatic nitrogens is 2. The minimum Gasteiger partial charge on any atom is -0.477 e. The molecule has 104 valence electrons. The molecule has 5 nitrogen and oxygen atoms in total. The summed E-state index contributed by atoms with van der Waals surface area (Å²) in [5, 5.41) is 9.15. The molecule has 0 bridgehead atoms. The maximum Gasteiger partial charge on any atom is 0.347 e. The highest BCUT2D eigenvalue weighted by molar-refractivity contribution is 7.08. The van der Waals surface area contributed by atoms with Crippen molar-refractivity contribution in [3.05, 3.63) is 46.7 Å². The Kier molecular flexibility index (Phi) is 3.75. The number of nitrogens with zero attached hydrogens (tertiary/aromatic N) is 3. The highest BCUT2D eigenvalue weighted by Crippen LogP contribution is 2.30. The quantitative estimate of drug-likeness (QED) is 0.884. The number of pyridine rings is 1. The SMILES string of the molecule is O=C(O)c1sncc1CN(Cc1ccccn1)C1CC1. The molecular formula is C14H15N3O2S. The van der Waals surface area contributed by atoms with Crippen LogP contribution in [0.5, 0.6) is 0 Å². The van der Waals surface area contributed by atoms with Crippen LogP contribution < -0.4 is 0 Å². The van der Waals surface area contributed by atoms with E-state index in [0.717, 1.165) is 29.3 Å². The summed E-state index contributed by atoms with van der Waals surface area (Å²) in [5.41, 5.74) is 1.81. The van der Waals surface area contributed by atoms with Crippen LogP contribution in [0.4, 0.5) is 0 Å². The minimum atomic E-state index is -0.893. The van der Waals surface area contributed by atoms with E-state index in [4.69, 9.17) is 5.11 Å². The van der Waals surface area contributed by atoms with E-state index in [9.17, 15) is 4.79 Å². The fourth-order valence-electron chi connectivity index (χ4n) is 2.22. The lowest BCUT2D eigenvalue weighted by molar-refractivity contribution is 0.0699. The Morgan fingerprint density at radius 1 is 1.40 bits per heavy atom. The van der Waals surface area contributed by atoms with Crippen molar-refractivity contribution in [2.24, 2.45) is 0 Å². The predicted octanol–water partition coefficient (Wildman–Crippen LogP) is 2.40. The number of aromatic carboxylic acids is 1. The van der Waals surface area contributed by atoms with E-state index in [0.29, 0.717) is 17.5 Å². The van der Waals surface area contributed by atoms with Gasteiger partial charge in [0.15, 0.2) is 0 Å². The van der Waals surface area contributed by atoms with E-state index in [1.54, 1.807) is 12.4 Å². The molecule has 20 heavy (non-hydrogen) atoms. The minimum absolute atomic E-state index is 0.344. The van der Waals surface area contributed by atoms with Gasteiger partial charge in [0.2, 0.25) is 0 Å². The van der Waals surface area contributed by atoms with Crippen molar-refractivity contribution >= 4 is 17.5 Å². The molecule has 3 rings (SSSR count). The summed E-state index contributed by atoms with van der Waals surface area (Å²) in [4.78, 5) is 18.1. The van der Waals surface area contributed by atoms with Gasteiger partial charge in [0.1, 0.15) is 4.88 Å². The molecule has 2 aromatic rings. The normalized spacial score (nSPS) is 14.7. The number of carboxylic acids is 1. The third-order valence-corrected chi connectivity index (χ3v) is 4.20. The smallest absolute Gasteiger partial charge is 0.347 e. The first-order valence-electron chi connectivity index (χ1n) is 6.55. The molecule has 1 saturated carbocycles. The third-order valence-electron chi connectivity index (χ3n) is 3.37. The van der Waals surface area contributed by atoms with Crippen molar-refractivity contribution in [2.45, 2.75) is 32.0 Å². The van der Waals surface area contributed by atoms with Gasteiger partial charge in [-0.25, -0.2) is 4.79 Å². The summed E-state index contributed by atoms with van der Waals surface area (Å²) < 4.78 is 4.00. The molecule has 0 saturated heterocycles. The lowest BCUT2D eigenvalue weighted by Gasteiger charge is -2.21. The van der Waals surface area contributed by atoms with Crippen LogP contribution in [0.15, 0.2) is 30.6 Å². The van der Waals surface area contributed by atoms with E-state index in [2.05, 4.69) is 14.3 Å². The van der Waals surface area contributed by atoms with Crippen LogP contribution in [0.1, 0.15) is 33.8 Å². The summed E-state index contributed by atoms with van der Waals surface area (Å²) in [6, 6.07) is 6.41. The number of hydrogen-bond acceptors (Lipinski definition) is 5. The van der Waals surface area contributed by atoms with E-state index >= 15 is 0 Å². The molecule has 2 heterocycles. The molecule has 1 fully saturated rings. The van der Waals surface area contributed by atoms with Crippen molar-refractivity contribution in [3.63, 3.8) is 0 Å². The fourth-order valence-corrected chi connectivity index (χ4v) is 2.82. The zero-order valence-electron chi connectivity index (χ0n) is 10.9. The van der Waals surface area contributed by atoms with E-state index in [1.807, 2.05) is 18.2 Å². The summed E-state index contributed by atoms with van der Waals surface area (Å²) in [6.45, 7) is 1.37. The lowest BCUT2D eigenvalue weighted by Crippen LogP contribution is -2.26. The molecule has 0 radical (unpaired) electrons. The van der Waals surface area contributed by atoms with Gasteiger partial charge in [0.05, 0.1) is 5.69 Å². The Labute approximate surface area is 121 Å². The van der Waals surface area contributed by atoms with Crippen LogP contribution in [0, 0.1) is 0 Å². The molecule has 0 aliphatic heterocycles.